The Labute approximate surface area is 158 Å². The van der Waals surface area contributed by atoms with E-state index in [0.29, 0.717) is 18.8 Å². The molecule has 0 aromatic heterocycles. The normalized spacial score (nSPS) is 14.6. The van der Waals surface area contributed by atoms with Gasteiger partial charge in [-0.05, 0) is 35.9 Å². The fourth-order valence-electron chi connectivity index (χ4n) is 2.72. The number of benzene rings is 2. The van der Waals surface area contributed by atoms with Crippen molar-refractivity contribution < 1.29 is 23.8 Å². The van der Waals surface area contributed by atoms with E-state index in [-0.39, 0.29) is 5.76 Å². The third-order valence-corrected chi connectivity index (χ3v) is 4.17. The smallest absolute Gasteiger partial charge is 0.374 e. The molecule has 2 aromatic carbocycles. The van der Waals surface area contributed by atoms with E-state index < -0.39 is 11.9 Å². The first-order chi connectivity index (χ1) is 13.2. The first kappa shape index (κ1) is 18.7. The number of nitrogens with zero attached hydrogens (tertiary/aromatic N) is 1. The molecule has 0 saturated carbocycles. The topological polar surface area (TPSA) is 65.1 Å². The van der Waals surface area contributed by atoms with Crippen molar-refractivity contribution in [2.24, 2.45) is 0 Å². The highest BCUT2D eigenvalue weighted by Crippen LogP contribution is 2.19. The molecule has 6 heteroatoms. The number of esters is 2. The van der Waals surface area contributed by atoms with Crippen molar-refractivity contribution in [2.45, 2.75) is 0 Å². The van der Waals surface area contributed by atoms with Crippen LogP contribution in [0.25, 0.3) is 6.08 Å². The molecule has 2 aromatic rings. The predicted molar refractivity (Wildman–Crippen MR) is 101 cm³/mol. The van der Waals surface area contributed by atoms with Crippen LogP contribution >= 0.6 is 0 Å². The van der Waals surface area contributed by atoms with Gasteiger partial charge in [0.1, 0.15) is 0 Å². The van der Waals surface area contributed by atoms with Gasteiger partial charge in [0.25, 0.3) is 0 Å². The van der Waals surface area contributed by atoms with E-state index in [1.807, 2.05) is 24.3 Å². The van der Waals surface area contributed by atoms with Gasteiger partial charge in [-0.3, -0.25) is 0 Å². The maximum Gasteiger partial charge on any atom is 0.374 e. The molecular formula is C21H21NO5. The van der Waals surface area contributed by atoms with Crippen molar-refractivity contribution in [3.63, 3.8) is 0 Å². The van der Waals surface area contributed by atoms with Crippen LogP contribution in [0.5, 0.6) is 0 Å². The Morgan fingerprint density at radius 2 is 1.67 bits per heavy atom. The molecule has 0 aliphatic carbocycles. The summed E-state index contributed by atoms with van der Waals surface area (Å²) in [5.74, 6) is -1.49. The summed E-state index contributed by atoms with van der Waals surface area (Å²) in [6.07, 6.45) is 1.50. The number of hydrogen-bond donors (Lipinski definition) is 0. The van der Waals surface area contributed by atoms with Gasteiger partial charge in [-0.1, -0.05) is 30.3 Å². The number of methoxy groups -OCH3 is 1. The van der Waals surface area contributed by atoms with Crippen molar-refractivity contribution in [2.75, 3.05) is 38.3 Å². The molecule has 3 rings (SSSR count). The Morgan fingerprint density at radius 1 is 1.00 bits per heavy atom. The van der Waals surface area contributed by atoms with Crippen LogP contribution in [0, 0.1) is 0 Å². The average Bonchev–Trinajstić information content (AvgIpc) is 2.74. The van der Waals surface area contributed by atoms with E-state index in [2.05, 4.69) is 4.90 Å². The van der Waals surface area contributed by atoms with Crippen LogP contribution in [0.4, 0.5) is 5.69 Å². The molecule has 0 N–H and O–H groups in total. The SMILES string of the molecule is COC(=O)/C(=C/c1ccc(N2CCOCC2)cc1)OC(=O)c1ccccc1. The number of hydrogen-bond acceptors (Lipinski definition) is 6. The van der Waals surface area contributed by atoms with Gasteiger partial charge in [0.15, 0.2) is 0 Å². The Hall–Kier alpha value is -3.12. The first-order valence-electron chi connectivity index (χ1n) is 8.67. The highest BCUT2D eigenvalue weighted by molar-refractivity contribution is 5.98. The third-order valence-electron chi connectivity index (χ3n) is 4.17. The van der Waals surface area contributed by atoms with Gasteiger partial charge in [-0.2, -0.15) is 0 Å². The zero-order valence-corrected chi connectivity index (χ0v) is 15.1. The molecule has 1 fully saturated rings. The number of ether oxygens (including phenoxy) is 3. The zero-order valence-electron chi connectivity index (χ0n) is 15.1. The Bertz CT molecular complexity index is 808. The van der Waals surface area contributed by atoms with Crippen LogP contribution in [0.15, 0.2) is 60.4 Å². The van der Waals surface area contributed by atoms with Crippen LogP contribution in [-0.4, -0.2) is 45.4 Å². The molecule has 1 heterocycles. The second-order valence-corrected chi connectivity index (χ2v) is 5.95. The van der Waals surface area contributed by atoms with Crippen molar-refractivity contribution in [1.29, 1.82) is 0 Å². The lowest BCUT2D eigenvalue weighted by molar-refractivity contribution is -0.139. The van der Waals surface area contributed by atoms with Gasteiger partial charge < -0.3 is 19.1 Å². The van der Waals surface area contributed by atoms with Gasteiger partial charge in [-0.15, -0.1) is 0 Å². The van der Waals surface area contributed by atoms with Crippen molar-refractivity contribution >= 4 is 23.7 Å². The lowest BCUT2D eigenvalue weighted by atomic mass is 10.1. The van der Waals surface area contributed by atoms with Gasteiger partial charge in [0.05, 0.1) is 25.9 Å². The summed E-state index contributed by atoms with van der Waals surface area (Å²) in [6.45, 7) is 3.11. The molecule has 6 nitrogen and oxygen atoms in total. The molecule has 1 aliphatic rings. The summed E-state index contributed by atoms with van der Waals surface area (Å²) in [7, 11) is 1.24. The van der Waals surface area contributed by atoms with Crippen LogP contribution in [-0.2, 0) is 19.0 Å². The fourth-order valence-corrected chi connectivity index (χ4v) is 2.72. The van der Waals surface area contributed by atoms with E-state index >= 15 is 0 Å². The number of carbonyl (C=O) groups excluding carboxylic acids is 2. The molecule has 0 spiro atoms. The summed E-state index contributed by atoms with van der Waals surface area (Å²) in [5.41, 5.74) is 2.17. The van der Waals surface area contributed by atoms with Crippen molar-refractivity contribution in [3.05, 3.63) is 71.5 Å². The Balaban J connectivity index is 1.77. The molecule has 1 aliphatic heterocycles. The second kappa shape index (κ2) is 9.00. The molecule has 1 saturated heterocycles. The Morgan fingerprint density at radius 3 is 2.30 bits per heavy atom. The van der Waals surface area contributed by atoms with E-state index in [4.69, 9.17) is 14.2 Å². The molecule has 27 heavy (non-hydrogen) atoms. The van der Waals surface area contributed by atoms with Crippen LogP contribution < -0.4 is 4.90 Å². The largest absolute Gasteiger partial charge is 0.463 e. The average molecular weight is 367 g/mol. The zero-order chi connectivity index (χ0) is 19.1. The van der Waals surface area contributed by atoms with E-state index in [1.54, 1.807) is 30.3 Å². The fraction of sp³-hybridized carbons (Fsp3) is 0.238. The molecule has 0 atom stereocenters. The van der Waals surface area contributed by atoms with Crippen LogP contribution in [0.1, 0.15) is 15.9 Å². The summed E-state index contributed by atoms with van der Waals surface area (Å²) < 4.78 is 15.4. The summed E-state index contributed by atoms with van der Waals surface area (Å²) in [4.78, 5) is 26.5. The van der Waals surface area contributed by atoms with Crippen LogP contribution in [0.3, 0.4) is 0 Å². The number of rotatable bonds is 5. The highest BCUT2D eigenvalue weighted by Gasteiger charge is 2.18. The maximum atomic E-state index is 12.2. The lowest BCUT2D eigenvalue weighted by Gasteiger charge is -2.28. The van der Waals surface area contributed by atoms with E-state index in [9.17, 15) is 9.59 Å². The number of carbonyl (C=O) groups is 2. The number of anilines is 1. The monoisotopic (exact) mass is 367 g/mol. The van der Waals surface area contributed by atoms with E-state index in [0.717, 1.165) is 24.3 Å². The standard InChI is InChI=1S/C21H21NO5/c1-25-21(24)19(27-20(23)17-5-3-2-4-6-17)15-16-7-9-18(10-8-16)22-11-13-26-14-12-22/h2-10,15H,11-14H2,1H3/b19-15-. The number of morpholine rings is 1. The lowest BCUT2D eigenvalue weighted by Crippen LogP contribution is -2.36. The minimum absolute atomic E-state index is 0.162. The van der Waals surface area contributed by atoms with Gasteiger partial charge in [-0.25, -0.2) is 9.59 Å². The predicted octanol–water partition coefficient (Wildman–Crippen LogP) is 2.89. The quantitative estimate of drug-likeness (QED) is 0.460. The first-order valence-corrected chi connectivity index (χ1v) is 8.67. The minimum atomic E-state index is -0.712. The molecule has 0 amide bonds. The summed E-state index contributed by atoms with van der Waals surface area (Å²) in [5, 5.41) is 0. The summed E-state index contributed by atoms with van der Waals surface area (Å²) in [6, 6.07) is 16.1. The maximum absolute atomic E-state index is 12.2. The third kappa shape index (κ3) is 4.95. The van der Waals surface area contributed by atoms with Gasteiger partial charge >= 0.3 is 11.9 Å². The molecule has 0 unspecified atom stereocenters. The molecular weight excluding hydrogens is 346 g/mol. The molecule has 0 radical (unpaired) electrons. The van der Waals surface area contributed by atoms with Crippen LogP contribution in [0.2, 0.25) is 0 Å². The summed E-state index contributed by atoms with van der Waals surface area (Å²) >= 11 is 0. The van der Waals surface area contributed by atoms with E-state index in [1.165, 1.54) is 13.2 Å². The van der Waals surface area contributed by atoms with Gasteiger partial charge in [0, 0.05) is 18.8 Å². The highest BCUT2D eigenvalue weighted by atomic mass is 16.6. The van der Waals surface area contributed by atoms with Crippen molar-refractivity contribution in [3.8, 4) is 0 Å². The minimum Gasteiger partial charge on any atom is -0.463 e. The molecule has 0 bridgehead atoms. The van der Waals surface area contributed by atoms with Gasteiger partial charge in [0.2, 0.25) is 5.76 Å². The Kier molecular flexibility index (Phi) is 6.22. The second-order valence-electron chi connectivity index (χ2n) is 5.95. The van der Waals surface area contributed by atoms with Crippen molar-refractivity contribution in [1.82, 2.24) is 0 Å². The molecule has 140 valence electrons.